The van der Waals surface area contributed by atoms with Crippen LogP contribution in [0.15, 0.2) is 24.5 Å². The van der Waals surface area contributed by atoms with Crippen molar-refractivity contribution in [3.63, 3.8) is 0 Å². The highest BCUT2D eigenvalue weighted by atomic mass is 16.3. The third kappa shape index (κ3) is 3.34. The van der Waals surface area contributed by atoms with Crippen LogP contribution >= 0.6 is 0 Å². The van der Waals surface area contributed by atoms with Crippen molar-refractivity contribution in [2.45, 2.75) is 50.3 Å². The lowest BCUT2D eigenvalue weighted by Gasteiger charge is -2.37. The first-order valence-electron chi connectivity index (χ1n) is 8.65. The lowest BCUT2D eigenvalue weighted by molar-refractivity contribution is 0.0233. The first-order chi connectivity index (χ1) is 10.7. The number of nitrogens with zero attached hydrogens (tertiary/aromatic N) is 3. The SMILES string of the molecule is CN(C[C@@H]1CCN(C)[C@H]1c1cccnc1)[C@H]1CCCC[C@@H]1O. The average molecular weight is 303 g/mol. The van der Waals surface area contributed by atoms with Gasteiger partial charge in [-0.2, -0.15) is 0 Å². The van der Waals surface area contributed by atoms with Gasteiger partial charge in [-0.25, -0.2) is 0 Å². The lowest BCUT2D eigenvalue weighted by Crippen LogP contribution is -2.45. The second-order valence-electron chi connectivity index (χ2n) is 7.12. The summed E-state index contributed by atoms with van der Waals surface area (Å²) in [5.74, 6) is 0.619. The number of hydrogen-bond acceptors (Lipinski definition) is 4. The van der Waals surface area contributed by atoms with Crippen LogP contribution in [0.5, 0.6) is 0 Å². The molecule has 2 aliphatic rings. The van der Waals surface area contributed by atoms with Gasteiger partial charge in [-0.05, 0) is 57.5 Å². The van der Waals surface area contributed by atoms with E-state index < -0.39 is 0 Å². The Morgan fingerprint density at radius 3 is 2.86 bits per heavy atom. The standard InChI is InChI=1S/C18H29N3O/c1-20-11-9-15(18(20)14-6-5-10-19-12-14)13-21(2)16-7-3-4-8-17(16)22/h5-6,10,12,15-18,22H,3-4,7-9,11,13H2,1-2H3/t15-,16-,17-,18-/m0/s1. The minimum atomic E-state index is -0.144. The molecule has 0 bridgehead atoms. The molecule has 4 heteroatoms. The zero-order chi connectivity index (χ0) is 15.5. The van der Waals surface area contributed by atoms with Crippen LogP contribution in [0.4, 0.5) is 0 Å². The normalized spacial score (nSPS) is 33.5. The van der Waals surface area contributed by atoms with Crippen molar-refractivity contribution in [3.8, 4) is 0 Å². The van der Waals surface area contributed by atoms with E-state index in [-0.39, 0.29) is 6.10 Å². The van der Waals surface area contributed by atoms with Gasteiger partial charge in [-0.15, -0.1) is 0 Å². The fraction of sp³-hybridized carbons (Fsp3) is 0.722. The summed E-state index contributed by atoms with van der Waals surface area (Å²) in [5.41, 5.74) is 1.32. The van der Waals surface area contributed by atoms with Crippen LogP contribution in [0.3, 0.4) is 0 Å². The first-order valence-corrected chi connectivity index (χ1v) is 8.65. The maximum absolute atomic E-state index is 10.3. The average Bonchev–Trinajstić information content (AvgIpc) is 2.89. The minimum absolute atomic E-state index is 0.144. The third-order valence-corrected chi connectivity index (χ3v) is 5.58. The molecule has 4 atom stereocenters. The van der Waals surface area contributed by atoms with E-state index in [4.69, 9.17) is 0 Å². The van der Waals surface area contributed by atoms with Crippen molar-refractivity contribution in [2.24, 2.45) is 5.92 Å². The van der Waals surface area contributed by atoms with Crippen molar-refractivity contribution in [3.05, 3.63) is 30.1 Å². The molecule has 0 amide bonds. The van der Waals surface area contributed by atoms with Gasteiger partial charge in [0.2, 0.25) is 0 Å². The number of aromatic nitrogens is 1. The van der Waals surface area contributed by atoms with Crippen molar-refractivity contribution >= 4 is 0 Å². The van der Waals surface area contributed by atoms with Crippen LogP contribution in [0.1, 0.15) is 43.7 Å². The molecule has 2 fully saturated rings. The Balaban J connectivity index is 1.68. The highest BCUT2D eigenvalue weighted by Gasteiger charge is 2.36. The van der Waals surface area contributed by atoms with E-state index >= 15 is 0 Å². The maximum Gasteiger partial charge on any atom is 0.0695 e. The molecule has 2 heterocycles. The molecule has 3 rings (SSSR count). The summed E-state index contributed by atoms with van der Waals surface area (Å²) in [7, 11) is 4.41. The highest BCUT2D eigenvalue weighted by molar-refractivity contribution is 5.17. The Bertz CT molecular complexity index is 467. The fourth-order valence-electron chi connectivity index (χ4n) is 4.41. The summed E-state index contributed by atoms with van der Waals surface area (Å²) < 4.78 is 0. The molecular formula is C18H29N3O. The number of aliphatic hydroxyl groups excluding tert-OH is 1. The van der Waals surface area contributed by atoms with Gasteiger partial charge in [0.1, 0.15) is 0 Å². The van der Waals surface area contributed by atoms with Gasteiger partial charge in [0.15, 0.2) is 0 Å². The summed E-state index contributed by atoms with van der Waals surface area (Å²) in [5, 5.41) is 10.3. The molecule has 4 nitrogen and oxygen atoms in total. The monoisotopic (exact) mass is 303 g/mol. The van der Waals surface area contributed by atoms with Gasteiger partial charge in [0, 0.05) is 31.0 Å². The molecule has 0 aromatic carbocycles. The van der Waals surface area contributed by atoms with Crippen LogP contribution in [0.2, 0.25) is 0 Å². The van der Waals surface area contributed by atoms with Crippen LogP contribution < -0.4 is 0 Å². The van der Waals surface area contributed by atoms with Gasteiger partial charge in [-0.1, -0.05) is 18.9 Å². The summed E-state index contributed by atoms with van der Waals surface area (Å²) in [6.07, 6.45) is 9.47. The van der Waals surface area contributed by atoms with Crippen molar-refractivity contribution in [1.82, 2.24) is 14.8 Å². The Hall–Kier alpha value is -0.970. The summed E-state index contributed by atoms with van der Waals surface area (Å²) in [6.45, 7) is 2.21. The predicted molar refractivity (Wildman–Crippen MR) is 88.6 cm³/mol. The fourth-order valence-corrected chi connectivity index (χ4v) is 4.41. The van der Waals surface area contributed by atoms with Crippen molar-refractivity contribution in [1.29, 1.82) is 0 Å². The van der Waals surface area contributed by atoms with Crippen LogP contribution in [-0.4, -0.2) is 59.2 Å². The second-order valence-corrected chi connectivity index (χ2v) is 7.12. The number of pyridine rings is 1. The predicted octanol–water partition coefficient (Wildman–Crippen LogP) is 2.31. The van der Waals surface area contributed by atoms with Crippen molar-refractivity contribution in [2.75, 3.05) is 27.2 Å². The zero-order valence-electron chi connectivity index (χ0n) is 13.9. The number of aliphatic hydroxyl groups is 1. The number of likely N-dealkylation sites (tertiary alicyclic amines) is 1. The quantitative estimate of drug-likeness (QED) is 0.926. The molecule has 1 aliphatic heterocycles. The van der Waals surface area contributed by atoms with E-state index in [9.17, 15) is 5.11 Å². The summed E-state index contributed by atoms with van der Waals surface area (Å²) in [4.78, 5) is 9.16. The van der Waals surface area contributed by atoms with E-state index in [2.05, 4.69) is 34.9 Å². The summed E-state index contributed by atoms with van der Waals surface area (Å²) in [6, 6.07) is 5.03. The Labute approximate surface area is 134 Å². The molecule has 1 N–H and O–H groups in total. The van der Waals surface area contributed by atoms with Crippen LogP contribution in [0, 0.1) is 5.92 Å². The molecule has 22 heavy (non-hydrogen) atoms. The van der Waals surface area contributed by atoms with E-state index in [1.54, 1.807) is 0 Å². The molecule has 0 radical (unpaired) electrons. The first kappa shape index (κ1) is 15.9. The number of likely N-dealkylation sites (N-methyl/N-ethyl adjacent to an activating group) is 1. The Morgan fingerprint density at radius 2 is 2.14 bits per heavy atom. The third-order valence-electron chi connectivity index (χ3n) is 5.58. The maximum atomic E-state index is 10.3. The topological polar surface area (TPSA) is 39.6 Å². The number of hydrogen-bond donors (Lipinski definition) is 1. The summed E-state index contributed by atoms with van der Waals surface area (Å²) >= 11 is 0. The largest absolute Gasteiger partial charge is 0.391 e. The van der Waals surface area contributed by atoms with Gasteiger partial charge in [-0.3, -0.25) is 9.88 Å². The Kier molecular flexibility index (Phi) is 5.11. The molecule has 1 aromatic rings. The molecule has 122 valence electrons. The molecule has 1 aromatic heterocycles. The highest BCUT2D eigenvalue weighted by Crippen LogP contribution is 2.37. The smallest absolute Gasteiger partial charge is 0.0695 e. The molecule has 1 saturated heterocycles. The minimum Gasteiger partial charge on any atom is -0.391 e. The van der Waals surface area contributed by atoms with E-state index in [0.29, 0.717) is 18.0 Å². The molecule has 1 aliphatic carbocycles. The van der Waals surface area contributed by atoms with E-state index in [1.165, 1.54) is 24.8 Å². The molecular weight excluding hydrogens is 274 g/mol. The van der Waals surface area contributed by atoms with Gasteiger partial charge >= 0.3 is 0 Å². The van der Waals surface area contributed by atoms with E-state index in [1.807, 2.05) is 18.5 Å². The molecule has 0 spiro atoms. The lowest BCUT2D eigenvalue weighted by atomic mass is 9.89. The molecule has 0 unspecified atom stereocenters. The van der Waals surface area contributed by atoms with E-state index in [0.717, 1.165) is 25.9 Å². The van der Waals surface area contributed by atoms with Gasteiger partial charge < -0.3 is 10.0 Å². The van der Waals surface area contributed by atoms with Crippen molar-refractivity contribution < 1.29 is 5.11 Å². The van der Waals surface area contributed by atoms with Crippen LogP contribution in [-0.2, 0) is 0 Å². The zero-order valence-corrected chi connectivity index (χ0v) is 13.9. The second kappa shape index (κ2) is 7.07. The molecule has 1 saturated carbocycles. The van der Waals surface area contributed by atoms with Gasteiger partial charge in [0.25, 0.3) is 0 Å². The number of rotatable bonds is 4. The van der Waals surface area contributed by atoms with Gasteiger partial charge in [0.05, 0.1) is 6.10 Å². The Morgan fingerprint density at radius 1 is 1.32 bits per heavy atom. The van der Waals surface area contributed by atoms with Crippen LogP contribution in [0.25, 0.3) is 0 Å².